The summed E-state index contributed by atoms with van der Waals surface area (Å²) in [7, 11) is -2.96. The lowest BCUT2D eigenvalue weighted by atomic mass is 9.98. The van der Waals surface area contributed by atoms with Gasteiger partial charge in [0.15, 0.2) is 25.5 Å². The Morgan fingerprint density at radius 2 is 0.523 bits per heavy atom. The third-order valence-electron chi connectivity index (χ3n) is 17.8. The second-order valence-electron chi connectivity index (χ2n) is 22.7. The summed E-state index contributed by atoms with van der Waals surface area (Å²) < 4.78 is 7.31. The first kappa shape index (κ1) is 51.0. The molecule has 0 unspecified atom stereocenters. The van der Waals surface area contributed by atoms with Gasteiger partial charge in [-0.3, -0.25) is 0 Å². The van der Waals surface area contributed by atoms with Gasteiger partial charge in [0.05, 0.1) is 33.1 Å². The fourth-order valence-electron chi connectivity index (χ4n) is 14.0. The van der Waals surface area contributed by atoms with Crippen LogP contribution in [0.25, 0.3) is 128 Å². The molecule has 0 saturated heterocycles. The average Bonchev–Trinajstić information content (AvgIpc) is 1.67. The van der Waals surface area contributed by atoms with Gasteiger partial charge in [-0.1, -0.05) is 267 Å². The molecular formula is C81H54N6Si. The summed E-state index contributed by atoms with van der Waals surface area (Å²) in [4.78, 5) is 16.3. The van der Waals surface area contributed by atoms with Gasteiger partial charge in [0.1, 0.15) is 0 Å². The van der Waals surface area contributed by atoms with Crippen molar-refractivity contribution in [2.24, 2.45) is 0 Å². The van der Waals surface area contributed by atoms with Crippen LogP contribution < -0.4 is 20.7 Å². The van der Waals surface area contributed by atoms with Crippen LogP contribution in [0, 0.1) is 0 Å². The van der Waals surface area contributed by atoms with Crippen LogP contribution in [0.5, 0.6) is 0 Å². The molecule has 13 aromatic carbocycles. The number of benzene rings is 13. The second-order valence-corrected chi connectivity index (χ2v) is 26.5. The summed E-state index contributed by atoms with van der Waals surface area (Å²) in [6.07, 6.45) is 0. The van der Waals surface area contributed by atoms with E-state index in [-0.39, 0.29) is 0 Å². The van der Waals surface area contributed by atoms with Crippen molar-refractivity contribution in [3.8, 4) is 62.4 Å². The number of rotatable bonds is 11. The summed E-state index contributed by atoms with van der Waals surface area (Å²) in [5, 5.41) is 12.4. The molecule has 0 saturated carbocycles. The molecule has 4 aromatic heterocycles. The molecule has 0 spiro atoms. The maximum absolute atomic E-state index is 5.53. The van der Waals surface area contributed by atoms with E-state index >= 15 is 0 Å². The quantitative estimate of drug-likeness (QED) is 0.0958. The summed E-state index contributed by atoms with van der Waals surface area (Å²) in [6, 6.07) is 119. The third-order valence-corrected chi connectivity index (χ3v) is 22.6. The van der Waals surface area contributed by atoms with Crippen molar-refractivity contribution in [1.29, 1.82) is 0 Å². The zero-order valence-corrected chi connectivity index (χ0v) is 48.9. The highest BCUT2D eigenvalue weighted by atomic mass is 28.3. The highest BCUT2D eigenvalue weighted by molar-refractivity contribution is 7.20. The van der Waals surface area contributed by atoms with Gasteiger partial charge in [-0.2, -0.15) is 0 Å². The first-order valence-corrected chi connectivity index (χ1v) is 32.0. The second kappa shape index (κ2) is 20.9. The lowest BCUT2D eigenvalue weighted by Gasteiger charge is -2.34. The summed E-state index contributed by atoms with van der Waals surface area (Å²) in [5.74, 6) is 1.77. The van der Waals surface area contributed by atoms with E-state index in [1.807, 2.05) is 36.4 Å². The van der Waals surface area contributed by atoms with Crippen LogP contribution in [-0.2, 0) is 0 Å². The number of aromatic nitrogens is 6. The van der Waals surface area contributed by atoms with Gasteiger partial charge in [0.25, 0.3) is 0 Å². The van der Waals surface area contributed by atoms with Crippen molar-refractivity contribution < 1.29 is 0 Å². The van der Waals surface area contributed by atoms with Gasteiger partial charge < -0.3 is 13.7 Å². The van der Waals surface area contributed by atoms with Crippen LogP contribution in [0.1, 0.15) is 0 Å². The fraction of sp³-hybridized carbons (Fsp3) is 0. The van der Waals surface area contributed by atoms with Crippen molar-refractivity contribution in [1.82, 2.24) is 28.7 Å². The monoisotopic (exact) mass is 1140 g/mol. The summed E-state index contributed by atoms with van der Waals surface area (Å²) in [6.45, 7) is 0. The van der Waals surface area contributed by atoms with Crippen LogP contribution in [-0.4, -0.2) is 36.7 Å². The third kappa shape index (κ3) is 8.20. The lowest BCUT2D eigenvalue weighted by molar-refractivity contribution is 1.07. The van der Waals surface area contributed by atoms with Crippen molar-refractivity contribution >= 4 is 94.2 Å². The Morgan fingerprint density at radius 1 is 0.205 bits per heavy atom. The Labute approximate surface area is 509 Å². The van der Waals surface area contributed by atoms with E-state index in [2.05, 4.69) is 305 Å². The Balaban J connectivity index is 0.966. The van der Waals surface area contributed by atoms with Crippen LogP contribution in [0.2, 0.25) is 0 Å². The Hall–Kier alpha value is -11.5. The maximum Gasteiger partial charge on any atom is 0.179 e. The minimum atomic E-state index is -2.96. The minimum Gasteiger partial charge on any atom is -0.309 e. The normalized spacial score (nSPS) is 11.9. The Bertz CT molecular complexity index is 5070. The molecule has 88 heavy (non-hydrogen) atoms. The summed E-state index contributed by atoms with van der Waals surface area (Å²) in [5.41, 5.74) is 14.7. The SMILES string of the molecule is c1ccc(-c2nc(-c3ccccc3)nc(-c3cc(-n4c5cc(-n6c7ccccc7c7ccccc76)ccc5c5ccc(-n6c7ccccc7c7ccccc76)cc54)ccc3-c3cccc([Si](c4ccccc4)(c4ccccc4)c4ccccc4)c3)n2)cc1. The van der Waals surface area contributed by atoms with Crippen molar-refractivity contribution in [3.63, 3.8) is 0 Å². The topological polar surface area (TPSA) is 53.5 Å². The van der Waals surface area contributed by atoms with Crippen molar-refractivity contribution in [2.45, 2.75) is 0 Å². The van der Waals surface area contributed by atoms with Gasteiger partial charge in [0.2, 0.25) is 0 Å². The van der Waals surface area contributed by atoms with Gasteiger partial charge in [-0.15, -0.1) is 0 Å². The largest absolute Gasteiger partial charge is 0.309 e. The molecule has 0 amide bonds. The maximum atomic E-state index is 5.53. The fourth-order valence-corrected chi connectivity index (χ4v) is 18.8. The number of para-hydroxylation sites is 4. The highest BCUT2D eigenvalue weighted by Gasteiger charge is 2.41. The molecule has 4 heterocycles. The standard InChI is InChI=1S/C81H54N6Si/c1-6-25-55(26-7-1)79-82-80(56-27-8-2-9-28-56)84-81(83-79)72-52-58(45-48-65(72)57-29-24-36-64(51-57)88(61-30-10-3-11-31-61,62-32-12-4-13-33-62)63-34-14-5-15-35-63)87-77-53-59(85-73-41-20-16-37-66(73)67-38-17-21-42-74(67)85)46-49-70(77)71-50-47-60(54-78(71)87)86-75-43-22-18-39-68(75)69-40-19-23-44-76(69)86/h1-54H. The first-order valence-electron chi connectivity index (χ1n) is 30.0. The van der Waals surface area contributed by atoms with E-state index in [0.29, 0.717) is 17.5 Å². The smallest absolute Gasteiger partial charge is 0.179 e. The molecule has 0 radical (unpaired) electrons. The molecule has 6 nitrogen and oxygen atoms in total. The Kier molecular flexibility index (Phi) is 12.1. The minimum absolute atomic E-state index is 0.574. The lowest BCUT2D eigenvalue weighted by Crippen LogP contribution is -2.74. The predicted molar refractivity (Wildman–Crippen MR) is 368 cm³/mol. The number of hydrogen-bond acceptors (Lipinski definition) is 3. The van der Waals surface area contributed by atoms with Crippen LogP contribution >= 0.6 is 0 Å². The molecule has 17 aromatic rings. The van der Waals surface area contributed by atoms with Crippen LogP contribution in [0.4, 0.5) is 0 Å². The molecule has 0 fully saturated rings. The molecular weight excluding hydrogens is 1090 g/mol. The van der Waals surface area contributed by atoms with Crippen molar-refractivity contribution in [2.75, 3.05) is 0 Å². The van der Waals surface area contributed by atoms with Gasteiger partial charge >= 0.3 is 0 Å². The van der Waals surface area contributed by atoms with Gasteiger partial charge in [-0.25, -0.2) is 15.0 Å². The molecule has 0 N–H and O–H groups in total. The number of nitrogens with zero attached hydrogens (tertiary/aromatic N) is 6. The highest BCUT2D eigenvalue weighted by Crippen LogP contribution is 2.42. The van der Waals surface area contributed by atoms with Crippen LogP contribution in [0.3, 0.4) is 0 Å². The molecule has 17 rings (SSSR count). The van der Waals surface area contributed by atoms with Crippen LogP contribution in [0.15, 0.2) is 328 Å². The number of hydrogen-bond donors (Lipinski definition) is 0. The molecule has 0 aliphatic carbocycles. The molecule has 7 heteroatoms. The van der Waals surface area contributed by atoms with E-state index in [1.54, 1.807) is 0 Å². The molecule has 0 aliphatic rings. The summed E-state index contributed by atoms with van der Waals surface area (Å²) >= 11 is 0. The number of fused-ring (bicyclic) bond motifs is 9. The van der Waals surface area contributed by atoms with Gasteiger partial charge in [-0.05, 0) is 92.5 Å². The Morgan fingerprint density at radius 3 is 0.955 bits per heavy atom. The predicted octanol–water partition coefficient (Wildman–Crippen LogP) is 17.2. The zero-order chi connectivity index (χ0) is 58.1. The molecule has 0 aliphatic heterocycles. The molecule has 0 bridgehead atoms. The average molecular weight is 1140 g/mol. The van der Waals surface area contributed by atoms with E-state index in [0.717, 1.165) is 88.8 Å². The first-order chi connectivity index (χ1) is 43.7. The van der Waals surface area contributed by atoms with E-state index in [4.69, 9.17) is 15.0 Å². The van der Waals surface area contributed by atoms with Crippen molar-refractivity contribution in [3.05, 3.63) is 328 Å². The van der Waals surface area contributed by atoms with E-state index in [1.165, 1.54) is 42.3 Å². The van der Waals surface area contributed by atoms with E-state index < -0.39 is 8.07 Å². The molecule has 412 valence electrons. The molecule has 0 atom stereocenters. The van der Waals surface area contributed by atoms with E-state index in [9.17, 15) is 0 Å². The van der Waals surface area contributed by atoms with Gasteiger partial charge in [0, 0.05) is 66.1 Å². The zero-order valence-electron chi connectivity index (χ0n) is 47.9.